The van der Waals surface area contributed by atoms with Crippen molar-refractivity contribution in [1.82, 2.24) is 19.3 Å². The van der Waals surface area contributed by atoms with Crippen LogP contribution in [0.2, 0.25) is 0 Å². The fraction of sp³-hybridized carbons (Fsp3) is 0.818. The van der Waals surface area contributed by atoms with Crippen LogP contribution < -0.4 is 0 Å². The molecule has 0 aromatic carbocycles. The number of amides is 1. The van der Waals surface area contributed by atoms with Gasteiger partial charge in [0.2, 0.25) is 15.9 Å². The van der Waals surface area contributed by atoms with Crippen molar-refractivity contribution in [1.29, 1.82) is 0 Å². The normalized spacial score (nSPS) is 25.1. The van der Waals surface area contributed by atoms with Crippen molar-refractivity contribution in [3.05, 3.63) is 11.5 Å². The highest BCUT2D eigenvalue weighted by molar-refractivity contribution is 7.89. The van der Waals surface area contributed by atoms with E-state index < -0.39 is 10.0 Å². The van der Waals surface area contributed by atoms with Crippen LogP contribution in [0.5, 0.6) is 0 Å². The Bertz CT molecular complexity index is 851. The first-order valence-corrected chi connectivity index (χ1v) is 13.2. The Kier molecular flexibility index (Phi) is 7.03. The molecule has 0 spiro atoms. The number of carbonyl (C=O) groups excluding carboxylic acids is 1. The largest absolute Gasteiger partial charge is 0.360 e. The van der Waals surface area contributed by atoms with Crippen LogP contribution >= 0.6 is 0 Å². The molecule has 0 radical (unpaired) electrons. The summed E-state index contributed by atoms with van der Waals surface area (Å²) in [4.78, 5) is 17.8. The predicted octanol–water partition coefficient (Wildman–Crippen LogP) is 2.42. The first-order valence-electron chi connectivity index (χ1n) is 11.8. The van der Waals surface area contributed by atoms with E-state index in [9.17, 15) is 13.2 Å². The van der Waals surface area contributed by atoms with Gasteiger partial charge in [0.05, 0.1) is 5.92 Å². The Morgan fingerprint density at radius 3 is 2.35 bits per heavy atom. The predicted molar refractivity (Wildman–Crippen MR) is 117 cm³/mol. The fourth-order valence-corrected chi connectivity index (χ4v) is 7.29. The number of aromatic nitrogens is 1. The van der Waals surface area contributed by atoms with E-state index in [4.69, 9.17) is 4.52 Å². The van der Waals surface area contributed by atoms with E-state index in [2.05, 4.69) is 10.1 Å². The zero-order valence-corrected chi connectivity index (χ0v) is 19.7. The number of carbonyl (C=O) groups is 1. The van der Waals surface area contributed by atoms with Crippen LogP contribution in [-0.2, 0) is 14.8 Å². The third-order valence-electron chi connectivity index (χ3n) is 7.22. The molecule has 2 saturated heterocycles. The van der Waals surface area contributed by atoms with E-state index in [0.717, 1.165) is 45.1 Å². The summed E-state index contributed by atoms with van der Waals surface area (Å²) in [5.41, 5.74) is 0.375. The summed E-state index contributed by atoms with van der Waals surface area (Å²) in [5.74, 6) is 0.961. The molecule has 9 heteroatoms. The van der Waals surface area contributed by atoms with Gasteiger partial charge in [-0.3, -0.25) is 9.69 Å². The number of rotatable bonds is 5. The highest BCUT2D eigenvalue weighted by Crippen LogP contribution is 2.29. The van der Waals surface area contributed by atoms with E-state index in [-0.39, 0.29) is 23.3 Å². The molecule has 0 bridgehead atoms. The number of piperazine rings is 1. The molecular formula is C22H36N4O4S. The Morgan fingerprint density at radius 1 is 1.00 bits per heavy atom. The Hall–Kier alpha value is -1.45. The Labute approximate surface area is 186 Å². The number of aryl methyl sites for hydroxylation is 2. The summed E-state index contributed by atoms with van der Waals surface area (Å²) in [5, 5.41) is 3.79. The third-order valence-corrected chi connectivity index (χ3v) is 9.33. The lowest BCUT2D eigenvalue weighted by molar-refractivity contribution is -0.138. The average molecular weight is 453 g/mol. The maximum absolute atomic E-state index is 13.2. The molecule has 0 N–H and O–H groups in total. The van der Waals surface area contributed by atoms with Gasteiger partial charge in [-0.15, -0.1) is 0 Å². The standard InChI is InChI=1S/C22H36N4O4S/c1-17-21(18(2)30-23-17)31(28,29)26-10-6-9-20(16-26)22(27)25-13-11-24(12-14-25)15-19-7-4-3-5-8-19/h19-20H,3-16H2,1-2H3. The zero-order valence-electron chi connectivity index (χ0n) is 18.9. The van der Waals surface area contributed by atoms with E-state index in [0.29, 0.717) is 24.4 Å². The van der Waals surface area contributed by atoms with Gasteiger partial charge in [0, 0.05) is 45.8 Å². The molecule has 2 aliphatic heterocycles. The van der Waals surface area contributed by atoms with Crippen molar-refractivity contribution in [2.24, 2.45) is 11.8 Å². The van der Waals surface area contributed by atoms with E-state index in [1.54, 1.807) is 13.8 Å². The van der Waals surface area contributed by atoms with Crippen LogP contribution in [0, 0.1) is 25.7 Å². The molecule has 1 aromatic heterocycles. The van der Waals surface area contributed by atoms with Crippen LogP contribution in [0.4, 0.5) is 0 Å². The first kappa shape index (κ1) is 22.7. The fourth-order valence-electron chi connectivity index (χ4n) is 5.48. The van der Waals surface area contributed by atoms with Crippen LogP contribution in [0.1, 0.15) is 56.4 Å². The van der Waals surface area contributed by atoms with Gasteiger partial charge in [0.15, 0.2) is 5.76 Å². The van der Waals surface area contributed by atoms with Crippen LogP contribution in [0.3, 0.4) is 0 Å². The maximum Gasteiger partial charge on any atom is 0.248 e. The average Bonchev–Trinajstić information content (AvgIpc) is 3.13. The second kappa shape index (κ2) is 9.58. The molecule has 1 atom stereocenters. The third kappa shape index (κ3) is 4.98. The molecular weight excluding hydrogens is 416 g/mol. The summed E-state index contributed by atoms with van der Waals surface area (Å²) in [6, 6.07) is 0. The lowest BCUT2D eigenvalue weighted by Crippen LogP contribution is -2.53. The molecule has 8 nitrogen and oxygen atoms in total. The Balaban J connectivity index is 1.33. The van der Waals surface area contributed by atoms with Gasteiger partial charge in [-0.1, -0.05) is 24.4 Å². The number of nitrogens with zero attached hydrogens (tertiary/aromatic N) is 4. The van der Waals surface area contributed by atoms with Crippen molar-refractivity contribution < 1.29 is 17.7 Å². The zero-order chi connectivity index (χ0) is 22.0. The molecule has 31 heavy (non-hydrogen) atoms. The molecule has 3 fully saturated rings. The molecule has 3 heterocycles. The summed E-state index contributed by atoms with van der Waals surface area (Å²) in [6.45, 7) is 8.45. The molecule has 4 rings (SSSR count). The second-order valence-corrected chi connectivity index (χ2v) is 11.4. The van der Waals surface area contributed by atoms with Gasteiger partial charge >= 0.3 is 0 Å². The van der Waals surface area contributed by atoms with Gasteiger partial charge in [-0.25, -0.2) is 8.42 Å². The van der Waals surface area contributed by atoms with Gasteiger partial charge in [-0.2, -0.15) is 4.31 Å². The Morgan fingerprint density at radius 2 is 1.71 bits per heavy atom. The first-order chi connectivity index (χ1) is 14.9. The number of sulfonamides is 1. The van der Waals surface area contributed by atoms with E-state index in [1.165, 1.54) is 36.4 Å². The highest BCUT2D eigenvalue weighted by atomic mass is 32.2. The lowest BCUT2D eigenvalue weighted by atomic mass is 9.89. The minimum Gasteiger partial charge on any atom is -0.360 e. The van der Waals surface area contributed by atoms with Gasteiger partial charge in [-0.05, 0) is 45.4 Å². The van der Waals surface area contributed by atoms with Crippen molar-refractivity contribution in [2.75, 3.05) is 45.8 Å². The van der Waals surface area contributed by atoms with Crippen molar-refractivity contribution >= 4 is 15.9 Å². The second-order valence-electron chi connectivity index (χ2n) is 9.49. The van der Waals surface area contributed by atoms with Crippen LogP contribution in [0.15, 0.2) is 9.42 Å². The highest BCUT2D eigenvalue weighted by Gasteiger charge is 2.38. The lowest BCUT2D eigenvalue weighted by Gasteiger charge is -2.40. The number of piperidine rings is 1. The summed E-state index contributed by atoms with van der Waals surface area (Å²) in [7, 11) is -3.70. The molecule has 1 aromatic rings. The maximum atomic E-state index is 13.2. The van der Waals surface area contributed by atoms with Crippen LogP contribution in [-0.4, -0.2) is 79.4 Å². The van der Waals surface area contributed by atoms with E-state index >= 15 is 0 Å². The summed E-state index contributed by atoms with van der Waals surface area (Å²) >= 11 is 0. The smallest absolute Gasteiger partial charge is 0.248 e. The summed E-state index contributed by atoms with van der Waals surface area (Å²) < 4.78 is 32.8. The quantitative estimate of drug-likeness (QED) is 0.682. The molecule has 1 amide bonds. The van der Waals surface area contributed by atoms with Gasteiger partial charge < -0.3 is 9.42 Å². The minimum absolute atomic E-state index is 0.107. The van der Waals surface area contributed by atoms with Crippen molar-refractivity contribution in [2.45, 2.75) is 63.7 Å². The van der Waals surface area contributed by atoms with Crippen molar-refractivity contribution in [3.63, 3.8) is 0 Å². The number of hydrogen-bond acceptors (Lipinski definition) is 6. The molecule has 174 valence electrons. The van der Waals surface area contributed by atoms with E-state index in [1.807, 2.05) is 4.90 Å². The van der Waals surface area contributed by atoms with Crippen molar-refractivity contribution in [3.8, 4) is 0 Å². The molecule has 1 aliphatic carbocycles. The SMILES string of the molecule is Cc1noc(C)c1S(=O)(=O)N1CCCC(C(=O)N2CCN(CC3CCCCC3)CC2)C1. The van der Waals surface area contributed by atoms with Gasteiger partial charge in [0.1, 0.15) is 10.6 Å². The molecule has 3 aliphatic rings. The molecule has 1 unspecified atom stereocenters. The summed E-state index contributed by atoms with van der Waals surface area (Å²) in [6.07, 6.45) is 8.22. The van der Waals surface area contributed by atoms with Crippen LogP contribution in [0.25, 0.3) is 0 Å². The minimum atomic E-state index is -3.70. The number of hydrogen-bond donors (Lipinski definition) is 0. The molecule has 1 saturated carbocycles. The monoisotopic (exact) mass is 452 g/mol. The topological polar surface area (TPSA) is 87.0 Å². The van der Waals surface area contributed by atoms with Gasteiger partial charge in [0.25, 0.3) is 0 Å².